The van der Waals surface area contributed by atoms with Crippen LogP contribution in [0, 0.1) is 0 Å². The second-order valence-corrected chi connectivity index (χ2v) is 3.48. The molecule has 0 amide bonds. The van der Waals surface area contributed by atoms with Crippen LogP contribution in [-0.2, 0) is 15.9 Å². The minimum atomic E-state index is -0.497. The van der Waals surface area contributed by atoms with Gasteiger partial charge >= 0.3 is 5.97 Å². The van der Waals surface area contributed by atoms with Gasteiger partial charge in [0.05, 0.1) is 5.56 Å². The number of esters is 1. The molecule has 1 aromatic carbocycles. The van der Waals surface area contributed by atoms with Gasteiger partial charge in [0, 0.05) is 6.61 Å². The Morgan fingerprint density at radius 3 is 2.38 bits per heavy atom. The van der Waals surface area contributed by atoms with E-state index in [4.69, 9.17) is 9.47 Å². The fourth-order valence-electron chi connectivity index (χ4n) is 1.36. The number of aryl methyl sites for hydroxylation is 1. The summed E-state index contributed by atoms with van der Waals surface area (Å²) in [4.78, 5) is 11.6. The molecule has 0 radical (unpaired) electrons. The highest BCUT2D eigenvalue weighted by molar-refractivity contribution is 5.89. The molecule has 1 unspecified atom stereocenters. The van der Waals surface area contributed by atoms with Crippen LogP contribution >= 0.6 is 0 Å². The SMILES string of the molecule is CCOC(C)OC(=O)c1ccc(CC)cc1. The van der Waals surface area contributed by atoms with Crippen molar-refractivity contribution in [3.63, 3.8) is 0 Å². The molecule has 0 aliphatic rings. The highest BCUT2D eigenvalue weighted by atomic mass is 16.7. The number of hydrogen-bond acceptors (Lipinski definition) is 3. The summed E-state index contributed by atoms with van der Waals surface area (Å²) >= 11 is 0. The van der Waals surface area contributed by atoms with Crippen LogP contribution in [0.1, 0.15) is 36.7 Å². The molecule has 0 spiro atoms. The highest BCUT2D eigenvalue weighted by Crippen LogP contribution is 2.08. The number of carbonyl (C=O) groups excluding carboxylic acids is 1. The Morgan fingerprint density at radius 2 is 1.88 bits per heavy atom. The van der Waals surface area contributed by atoms with Crippen molar-refractivity contribution in [1.29, 1.82) is 0 Å². The smallest absolute Gasteiger partial charge is 0.340 e. The number of rotatable bonds is 5. The van der Waals surface area contributed by atoms with Crippen LogP contribution in [0.4, 0.5) is 0 Å². The summed E-state index contributed by atoms with van der Waals surface area (Å²) < 4.78 is 10.2. The third kappa shape index (κ3) is 3.66. The quantitative estimate of drug-likeness (QED) is 0.567. The van der Waals surface area contributed by atoms with E-state index in [1.165, 1.54) is 5.56 Å². The van der Waals surface area contributed by atoms with Gasteiger partial charge in [-0.25, -0.2) is 4.79 Å². The third-order valence-electron chi connectivity index (χ3n) is 2.27. The van der Waals surface area contributed by atoms with Gasteiger partial charge in [0.1, 0.15) is 0 Å². The van der Waals surface area contributed by atoms with E-state index in [9.17, 15) is 4.79 Å². The van der Waals surface area contributed by atoms with Gasteiger partial charge in [-0.1, -0.05) is 19.1 Å². The lowest BCUT2D eigenvalue weighted by Crippen LogP contribution is -2.18. The lowest BCUT2D eigenvalue weighted by atomic mass is 10.1. The largest absolute Gasteiger partial charge is 0.432 e. The lowest BCUT2D eigenvalue weighted by Gasteiger charge is -2.12. The van der Waals surface area contributed by atoms with Gasteiger partial charge in [0.25, 0.3) is 0 Å². The van der Waals surface area contributed by atoms with E-state index in [-0.39, 0.29) is 5.97 Å². The van der Waals surface area contributed by atoms with Crippen LogP contribution in [-0.4, -0.2) is 18.9 Å². The van der Waals surface area contributed by atoms with E-state index in [0.717, 1.165) is 6.42 Å². The molecule has 0 aliphatic heterocycles. The first-order valence-corrected chi connectivity index (χ1v) is 5.58. The van der Waals surface area contributed by atoms with Crippen molar-refractivity contribution in [3.8, 4) is 0 Å². The van der Waals surface area contributed by atoms with Crippen molar-refractivity contribution in [3.05, 3.63) is 35.4 Å². The summed E-state index contributed by atoms with van der Waals surface area (Å²) in [5.74, 6) is -0.344. The molecule has 88 valence electrons. The Bertz CT molecular complexity index is 330. The molecule has 0 N–H and O–H groups in total. The van der Waals surface area contributed by atoms with Crippen molar-refractivity contribution in [2.45, 2.75) is 33.5 Å². The number of hydrogen-bond donors (Lipinski definition) is 0. The number of benzene rings is 1. The maximum Gasteiger partial charge on any atom is 0.340 e. The predicted octanol–water partition coefficient (Wildman–Crippen LogP) is 2.79. The zero-order chi connectivity index (χ0) is 12.0. The minimum absolute atomic E-state index is 0.344. The first kappa shape index (κ1) is 12.7. The first-order valence-electron chi connectivity index (χ1n) is 5.58. The first-order chi connectivity index (χ1) is 7.67. The number of carbonyl (C=O) groups is 1. The van der Waals surface area contributed by atoms with Crippen LogP contribution < -0.4 is 0 Å². The fraction of sp³-hybridized carbons (Fsp3) is 0.462. The van der Waals surface area contributed by atoms with Gasteiger partial charge in [0.15, 0.2) is 6.29 Å². The Hall–Kier alpha value is -1.35. The molecule has 0 saturated carbocycles. The Morgan fingerprint density at radius 1 is 1.25 bits per heavy atom. The minimum Gasteiger partial charge on any atom is -0.432 e. The zero-order valence-corrected chi connectivity index (χ0v) is 10.0. The second kappa shape index (κ2) is 6.28. The van der Waals surface area contributed by atoms with Gasteiger partial charge in [-0.3, -0.25) is 0 Å². The maximum absolute atomic E-state index is 11.6. The Labute approximate surface area is 96.4 Å². The molecule has 3 nitrogen and oxygen atoms in total. The second-order valence-electron chi connectivity index (χ2n) is 3.48. The van der Waals surface area contributed by atoms with Gasteiger partial charge in [-0.15, -0.1) is 0 Å². The number of ether oxygens (including phenoxy) is 2. The molecule has 0 fully saturated rings. The molecule has 1 rings (SSSR count). The van der Waals surface area contributed by atoms with Crippen LogP contribution in [0.15, 0.2) is 24.3 Å². The standard InChI is InChI=1S/C13H18O3/c1-4-11-6-8-12(9-7-11)13(14)16-10(3)15-5-2/h6-10H,4-5H2,1-3H3. The summed E-state index contributed by atoms with van der Waals surface area (Å²) in [5, 5.41) is 0. The lowest BCUT2D eigenvalue weighted by molar-refractivity contribution is -0.0940. The van der Waals surface area contributed by atoms with E-state index in [1.54, 1.807) is 19.1 Å². The maximum atomic E-state index is 11.6. The summed E-state index contributed by atoms with van der Waals surface area (Å²) in [6.45, 7) is 6.18. The normalized spacial score (nSPS) is 12.2. The molecule has 0 aliphatic carbocycles. The van der Waals surface area contributed by atoms with Crippen molar-refractivity contribution in [1.82, 2.24) is 0 Å². The van der Waals surface area contributed by atoms with Gasteiger partial charge < -0.3 is 9.47 Å². The average Bonchev–Trinajstić information content (AvgIpc) is 2.29. The molecule has 1 aromatic rings. The zero-order valence-electron chi connectivity index (χ0n) is 10.0. The van der Waals surface area contributed by atoms with Crippen molar-refractivity contribution >= 4 is 5.97 Å². The molecule has 16 heavy (non-hydrogen) atoms. The van der Waals surface area contributed by atoms with Crippen molar-refractivity contribution in [2.75, 3.05) is 6.61 Å². The molecule has 3 heteroatoms. The van der Waals surface area contributed by atoms with E-state index in [2.05, 4.69) is 6.92 Å². The average molecular weight is 222 g/mol. The Kier molecular flexibility index (Phi) is 4.99. The topological polar surface area (TPSA) is 35.5 Å². The third-order valence-corrected chi connectivity index (χ3v) is 2.27. The molecule has 0 aromatic heterocycles. The van der Waals surface area contributed by atoms with Crippen LogP contribution in [0.5, 0.6) is 0 Å². The summed E-state index contributed by atoms with van der Waals surface area (Å²) in [6, 6.07) is 7.42. The summed E-state index contributed by atoms with van der Waals surface area (Å²) in [6.07, 6.45) is 0.466. The fourth-order valence-corrected chi connectivity index (χ4v) is 1.36. The monoisotopic (exact) mass is 222 g/mol. The van der Waals surface area contributed by atoms with Gasteiger partial charge in [-0.2, -0.15) is 0 Å². The van der Waals surface area contributed by atoms with E-state index in [0.29, 0.717) is 12.2 Å². The van der Waals surface area contributed by atoms with Crippen LogP contribution in [0.25, 0.3) is 0 Å². The van der Waals surface area contributed by atoms with E-state index < -0.39 is 6.29 Å². The van der Waals surface area contributed by atoms with Crippen molar-refractivity contribution in [2.24, 2.45) is 0 Å². The summed E-state index contributed by atoms with van der Waals surface area (Å²) in [7, 11) is 0. The highest BCUT2D eigenvalue weighted by Gasteiger charge is 2.11. The molecular weight excluding hydrogens is 204 g/mol. The van der Waals surface area contributed by atoms with Gasteiger partial charge in [0.2, 0.25) is 0 Å². The van der Waals surface area contributed by atoms with Crippen LogP contribution in [0.2, 0.25) is 0 Å². The van der Waals surface area contributed by atoms with E-state index >= 15 is 0 Å². The van der Waals surface area contributed by atoms with E-state index in [1.807, 2.05) is 19.1 Å². The molecule has 1 atom stereocenters. The van der Waals surface area contributed by atoms with Crippen LogP contribution in [0.3, 0.4) is 0 Å². The molecular formula is C13H18O3. The molecule has 0 saturated heterocycles. The summed E-state index contributed by atoms with van der Waals surface area (Å²) in [5.41, 5.74) is 1.76. The molecule has 0 bridgehead atoms. The predicted molar refractivity (Wildman–Crippen MR) is 62.3 cm³/mol. The molecule has 0 heterocycles. The van der Waals surface area contributed by atoms with Gasteiger partial charge in [-0.05, 0) is 38.0 Å². The Balaban J connectivity index is 2.59. The van der Waals surface area contributed by atoms with Crippen molar-refractivity contribution < 1.29 is 14.3 Å².